The molecule has 0 N–H and O–H groups in total. The molecule has 1 atom stereocenters. The highest BCUT2D eigenvalue weighted by Crippen LogP contribution is 2.35. The van der Waals surface area contributed by atoms with Gasteiger partial charge in [0.2, 0.25) is 21.7 Å². The Balaban J connectivity index is 1.46. The van der Waals surface area contributed by atoms with E-state index in [1.165, 1.54) is 12.1 Å². The molecule has 2 aromatic carbocycles. The van der Waals surface area contributed by atoms with Crippen LogP contribution in [0.3, 0.4) is 0 Å². The number of aromatic nitrogens is 2. The Morgan fingerprint density at radius 1 is 1.06 bits per heavy atom. The summed E-state index contributed by atoms with van der Waals surface area (Å²) in [5.74, 6) is 0.113. The molecule has 0 aliphatic carbocycles. The van der Waals surface area contributed by atoms with E-state index in [9.17, 15) is 26.0 Å². The summed E-state index contributed by atoms with van der Waals surface area (Å²) in [7, 11) is -4.33. The maximum atomic E-state index is 13.9. The van der Waals surface area contributed by atoms with Gasteiger partial charge in [-0.25, -0.2) is 12.8 Å². The van der Waals surface area contributed by atoms with Crippen LogP contribution in [0, 0.1) is 12.7 Å². The number of alkyl halides is 3. The molecule has 0 unspecified atom stereocenters. The number of sulfonamides is 1. The molecule has 1 fully saturated rings. The van der Waals surface area contributed by atoms with Crippen molar-refractivity contribution in [2.45, 2.75) is 31.0 Å². The molecular formula is C22H22F4N4O3S. The third kappa shape index (κ3) is 4.70. The Kier molecular flexibility index (Phi) is 6.49. The first-order valence-corrected chi connectivity index (χ1v) is 11.9. The van der Waals surface area contributed by atoms with Crippen molar-refractivity contribution in [3.8, 4) is 11.4 Å². The summed E-state index contributed by atoms with van der Waals surface area (Å²) < 4.78 is 86.1. The van der Waals surface area contributed by atoms with Crippen molar-refractivity contribution >= 4 is 10.0 Å². The Hall–Kier alpha value is -2.83. The van der Waals surface area contributed by atoms with Gasteiger partial charge >= 0.3 is 6.18 Å². The van der Waals surface area contributed by atoms with E-state index in [1.54, 1.807) is 26.0 Å². The van der Waals surface area contributed by atoms with Crippen LogP contribution in [0.4, 0.5) is 17.6 Å². The van der Waals surface area contributed by atoms with Crippen LogP contribution in [0.25, 0.3) is 11.4 Å². The topological polar surface area (TPSA) is 79.5 Å². The predicted molar refractivity (Wildman–Crippen MR) is 115 cm³/mol. The Morgan fingerprint density at radius 2 is 1.74 bits per heavy atom. The van der Waals surface area contributed by atoms with E-state index in [1.807, 2.05) is 4.90 Å². The molecule has 0 bridgehead atoms. The number of hydrogen-bond acceptors (Lipinski definition) is 6. The smallest absolute Gasteiger partial charge is 0.337 e. The molecule has 0 amide bonds. The lowest BCUT2D eigenvalue weighted by Crippen LogP contribution is -2.49. The van der Waals surface area contributed by atoms with Crippen molar-refractivity contribution in [3.05, 3.63) is 65.3 Å². The molecule has 1 saturated heterocycles. The highest BCUT2D eigenvalue weighted by Gasteiger charge is 2.40. The van der Waals surface area contributed by atoms with Crippen molar-refractivity contribution in [2.75, 3.05) is 26.2 Å². The average molecular weight is 499 g/mol. The summed E-state index contributed by atoms with van der Waals surface area (Å²) in [6.07, 6.45) is -4.78. The van der Waals surface area contributed by atoms with Crippen LogP contribution in [0.1, 0.15) is 30.0 Å². The maximum absolute atomic E-state index is 13.9. The summed E-state index contributed by atoms with van der Waals surface area (Å²) >= 11 is 0. The molecule has 1 aromatic heterocycles. The van der Waals surface area contributed by atoms with E-state index in [4.69, 9.17) is 4.52 Å². The van der Waals surface area contributed by atoms with E-state index < -0.39 is 26.7 Å². The normalized spacial score (nSPS) is 17.1. The number of rotatable bonds is 5. The summed E-state index contributed by atoms with van der Waals surface area (Å²) in [5.41, 5.74) is -0.229. The molecular weight excluding hydrogens is 476 g/mol. The zero-order valence-corrected chi connectivity index (χ0v) is 19.2. The molecule has 1 aliphatic rings. The van der Waals surface area contributed by atoms with Gasteiger partial charge in [0.25, 0.3) is 0 Å². The van der Waals surface area contributed by atoms with Gasteiger partial charge in [0.1, 0.15) is 5.82 Å². The van der Waals surface area contributed by atoms with Crippen LogP contribution in [-0.2, 0) is 16.2 Å². The third-order valence-electron chi connectivity index (χ3n) is 5.86. The number of nitrogens with zero attached hydrogens (tertiary/aromatic N) is 4. The van der Waals surface area contributed by atoms with Crippen LogP contribution in [0.2, 0.25) is 0 Å². The van der Waals surface area contributed by atoms with Gasteiger partial charge in [-0.1, -0.05) is 29.4 Å². The largest absolute Gasteiger partial charge is 0.417 e. The van der Waals surface area contributed by atoms with Crippen molar-refractivity contribution in [1.29, 1.82) is 0 Å². The average Bonchev–Trinajstić information content (AvgIpc) is 3.30. The number of aryl methyl sites for hydroxylation is 1. The van der Waals surface area contributed by atoms with Gasteiger partial charge in [-0.15, -0.1) is 0 Å². The molecule has 12 heteroatoms. The highest BCUT2D eigenvalue weighted by atomic mass is 32.2. The van der Waals surface area contributed by atoms with Crippen LogP contribution in [0.15, 0.2) is 51.9 Å². The monoisotopic (exact) mass is 498 g/mol. The van der Waals surface area contributed by atoms with Crippen molar-refractivity contribution in [1.82, 2.24) is 19.3 Å². The van der Waals surface area contributed by atoms with Crippen LogP contribution < -0.4 is 0 Å². The molecule has 7 nitrogen and oxygen atoms in total. The summed E-state index contributed by atoms with van der Waals surface area (Å²) in [6, 6.07) is 8.40. The second-order valence-electron chi connectivity index (χ2n) is 8.03. The first kappa shape index (κ1) is 24.3. The number of hydrogen-bond donors (Lipinski definition) is 0. The van der Waals surface area contributed by atoms with E-state index in [0.29, 0.717) is 11.1 Å². The van der Waals surface area contributed by atoms with Crippen LogP contribution in [0.5, 0.6) is 0 Å². The second kappa shape index (κ2) is 9.08. The van der Waals surface area contributed by atoms with Crippen molar-refractivity contribution < 1.29 is 30.5 Å². The van der Waals surface area contributed by atoms with Gasteiger partial charge in [0.05, 0.1) is 16.5 Å². The molecule has 0 radical (unpaired) electrons. The quantitative estimate of drug-likeness (QED) is 0.489. The second-order valence-corrected chi connectivity index (χ2v) is 9.94. The fourth-order valence-corrected chi connectivity index (χ4v) is 5.44. The van der Waals surface area contributed by atoms with Gasteiger partial charge in [-0.2, -0.15) is 22.5 Å². The zero-order valence-electron chi connectivity index (χ0n) is 18.4. The maximum Gasteiger partial charge on any atom is 0.417 e. The lowest BCUT2D eigenvalue weighted by Gasteiger charge is -2.36. The van der Waals surface area contributed by atoms with E-state index >= 15 is 0 Å². The number of benzene rings is 2. The Bertz CT molecular complexity index is 1290. The van der Waals surface area contributed by atoms with E-state index in [-0.39, 0.29) is 49.8 Å². The van der Waals surface area contributed by atoms with Gasteiger partial charge in [0.15, 0.2) is 0 Å². The standard InChI is InChI=1S/C22H22F4N4O3S/c1-14-7-8-16(13-18(14)23)20-27-21(33-28-20)15(2)29-9-11-30(12-10-29)34(31,32)19-6-4-3-5-17(19)22(24,25)26/h3-8,13,15H,9-12H2,1-2H3/t15-/m1/s1. The minimum atomic E-state index is -4.78. The summed E-state index contributed by atoms with van der Waals surface area (Å²) in [5, 5.41) is 3.91. The zero-order chi connectivity index (χ0) is 24.7. The molecule has 0 saturated carbocycles. The SMILES string of the molecule is Cc1ccc(-c2noc([C@@H](C)N3CCN(S(=O)(=O)c4ccccc4C(F)(F)F)CC3)n2)cc1F. The fourth-order valence-electron chi connectivity index (χ4n) is 3.81. The predicted octanol–water partition coefficient (Wildman–Crippen LogP) is 4.27. The Labute approximate surface area is 194 Å². The van der Waals surface area contributed by atoms with E-state index in [2.05, 4.69) is 10.1 Å². The minimum Gasteiger partial charge on any atom is -0.337 e. The molecule has 34 heavy (non-hydrogen) atoms. The van der Waals surface area contributed by atoms with Gasteiger partial charge in [0, 0.05) is 31.7 Å². The van der Waals surface area contributed by atoms with Gasteiger partial charge in [-0.05, 0) is 37.6 Å². The molecule has 0 spiro atoms. The Morgan fingerprint density at radius 3 is 2.38 bits per heavy atom. The molecule has 182 valence electrons. The van der Waals surface area contributed by atoms with Crippen molar-refractivity contribution in [2.24, 2.45) is 0 Å². The lowest BCUT2D eigenvalue weighted by atomic mass is 10.1. The summed E-state index contributed by atoms with van der Waals surface area (Å²) in [4.78, 5) is 5.48. The molecule has 4 rings (SSSR count). The molecule has 3 aromatic rings. The third-order valence-corrected chi connectivity index (χ3v) is 7.82. The fraction of sp³-hybridized carbons (Fsp3) is 0.364. The number of halogens is 4. The first-order valence-electron chi connectivity index (χ1n) is 10.5. The van der Waals surface area contributed by atoms with Gasteiger partial charge < -0.3 is 4.52 Å². The highest BCUT2D eigenvalue weighted by molar-refractivity contribution is 7.89. The minimum absolute atomic E-state index is 0.00301. The summed E-state index contributed by atoms with van der Waals surface area (Å²) in [6.45, 7) is 3.96. The van der Waals surface area contributed by atoms with Crippen LogP contribution in [-0.4, -0.2) is 53.9 Å². The van der Waals surface area contributed by atoms with Crippen LogP contribution >= 0.6 is 0 Å². The molecule has 2 heterocycles. The molecule has 1 aliphatic heterocycles. The lowest BCUT2D eigenvalue weighted by molar-refractivity contribution is -0.139. The van der Waals surface area contributed by atoms with Crippen molar-refractivity contribution in [3.63, 3.8) is 0 Å². The number of piperazine rings is 1. The van der Waals surface area contributed by atoms with E-state index in [0.717, 1.165) is 22.5 Å². The van der Waals surface area contributed by atoms with Gasteiger partial charge in [-0.3, -0.25) is 4.90 Å². The first-order chi connectivity index (χ1) is 16.0.